The van der Waals surface area contributed by atoms with Gasteiger partial charge < -0.3 is 14.4 Å². The SMILES string of the molecule is COCCCCCn1c(C(C)C)cnc1SCC(=O)O. The molecule has 5 nitrogen and oxygen atoms in total. The Bertz CT molecular complexity index is 419. The first kappa shape index (κ1) is 17.0. The number of imidazole rings is 1. The molecule has 0 saturated carbocycles. The Morgan fingerprint density at radius 1 is 1.45 bits per heavy atom. The lowest BCUT2D eigenvalue weighted by molar-refractivity contribution is -0.133. The zero-order chi connectivity index (χ0) is 15.0. The summed E-state index contributed by atoms with van der Waals surface area (Å²) in [6, 6.07) is 0. The molecule has 1 N–H and O–H groups in total. The molecule has 0 aliphatic rings. The zero-order valence-corrected chi connectivity index (χ0v) is 13.3. The highest BCUT2D eigenvalue weighted by Crippen LogP contribution is 2.24. The standard InChI is InChI=1S/C14H24N2O3S/c1-11(2)12-9-15-14(20-10-13(17)18)16(12)7-5-4-6-8-19-3/h9,11H,4-8,10H2,1-3H3,(H,17,18). The number of ether oxygens (including phenoxy) is 1. The van der Waals surface area contributed by atoms with Crippen LogP contribution in [0.3, 0.4) is 0 Å². The molecule has 1 heterocycles. The number of thioether (sulfide) groups is 1. The van der Waals surface area contributed by atoms with Crippen LogP contribution in [0.5, 0.6) is 0 Å². The summed E-state index contributed by atoms with van der Waals surface area (Å²) < 4.78 is 7.20. The van der Waals surface area contributed by atoms with Gasteiger partial charge in [-0.3, -0.25) is 4.79 Å². The van der Waals surface area contributed by atoms with Gasteiger partial charge in [0.1, 0.15) is 0 Å². The van der Waals surface area contributed by atoms with Crippen LogP contribution in [0.4, 0.5) is 0 Å². The minimum atomic E-state index is -0.809. The molecular formula is C14H24N2O3S. The number of aromatic nitrogens is 2. The first-order valence-electron chi connectivity index (χ1n) is 6.95. The van der Waals surface area contributed by atoms with E-state index in [1.165, 1.54) is 17.5 Å². The maximum absolute atomic E-state index is 10.7. The molecule has 1 aromatic heterocycles. The first-order chi connectivity index (χ1) is 9.56. The maximum atomic E-state index is 10.7. The average Bonchev–Trinajstić information content (AvgIpc) is 2.79. The van der Waals surface area contributed by atoms with Crippen molar-refractivity contribution in [2.24, 2.45) is 0 Å². The largest absolute Gasteiger partial charge is 0.481 e. The number of hydrogen-bond donors (Lipinski definition) is 1. The van der Waals surface area contributed by atoms with Crippen molar-refractivity contribution in [2.45, 2.75) is 50.7 Å². The van der Waals surface area contributed by atoms with Gasteiger partial charge in [-0.05, 0) is 25.2 Å². The van der Waals surface area contributed by atoms with Crippen molar-refractivity contribution in [3.63, 3.8) is 0 Å². The van der Waals surface area contributed by atoms with Gasteiger partial charge in [-0.25, -0.2) is 4.98 Å². The molecule has 0 fully saturated rings. The highest BCUT2D eigenvalue weighted by molar-refractivity contribution is 7.99. The van der Waals surface area contributed by atoms with E-state index in [9.17, 15) is 4.79 Å². The van der Waals surface area contributed by atoms with Crippen LogP contribution in [0.15, 0.2) is 11.4 Å². The zero-order valence-electron chi connectivity index (χ0n) is 12.5. The minimum absolute atomic E-state index is 0.0538. The molecule has 114 valence electrons. The number of rotatable bonds is 10. The fourth-order valence-electron chi connectivity index (χ4n) is 1.99. The van der Waals surface area contributed by atoms with Crippen molar-refractivity contribution < 1.29 is 14.6 Å². The lowest BCUT2D eigenvalue weighted by atomic mass is 10.1. The highest BCUT2D eigenvalue weighted by atomic mass is 32.2. The van der Waals surface area contributed by atoms with Gasteiger partial charge in [0.15, 0.2) is 5.16 Å². The highest BCUT2D eigenvalue weighted by Gasteiger charge is 2.14. The average molecular weight is 300 g/mol. The van der Waals surface area contributed by atoms with Gasteiger partial charge in [-0.2, -0.15) is 0 Å². The third-order valence-electron chi connectivity index (χ3n) is 3.00. The van der Waals surface area contributed by atoms with Crippen molar-refractivity contribution in [1.82, 2.24) is 9.55 Å². The molecule has 1 rings (SSSR count). The number of unbranched alkanes of at least 4 members (excludes halogenated alkanes) is 2. The van der Waals surface area contributed by atoms with Gasteiger partial charge in [0.25, 0.3) is 0 Å². The van der Waals surface area contributed by atoms with Crippen LogP contribution >= 0.6 is 11.8 Å². The van der Waals surface area contributed by atoms with E-state index in [1.54, 1.807) is 7.11 Å². The summed E-state index contributed by atoms with van der Waals surface area (Å²) in [5, 5.41) is 9.59. The van der Waals surface area contributed by atoms with Gasteiger partial charge in [0.2, 0.25) is 0 Å². The molecular weight excluding hydrogens is 276 g/mol. The fraction of sp³-hybridized carbons (Fsp3) is 0.714. The molecule has 0 aliphatic carbocycles. The molecule has 0 unspecified atom stereocenters. The third-order valence-corrected chi connectivity index (χ3v) is 3.97. The lowest BCUT2D eigenvalue weighted by Crippen LogP contribution is -2.08. The first-order valence-corrected chi connectivity index (χ1v) is 7.93. The summed E-state index contributed by atoms with van der Waals surface area (Å²) >= 11 is 1.29. The predicted molar refractivity (Wildman–Crippen MR) is 80.4 cm³/mol. The molecule has 0 atom stereocenters. The number of carboxylic acids is 1. The van der Waals surface area contributed by atoms with Crippen LogP contribution in [0, 0.1) is 0 Å². The molecule has 0 bridgehead atoms. The van der Waals surface area contributed by atoms with E-state index in [1.807, 2.05) is 6.20 Å². The van der Waals surface area contributed by atoms with Crippen molar-refractivity contribution in [2.75, 3.05) is 19.5 Å². The second-order valence-corrected chi connectivity index (χ2v) is 5.95. The maximum Gasteiger partial charge on any atom is 0.313 e. The predicted octanol–water partition coefficient (Wildman–Crippen LogP) is 3.00. The number of methoxy groups -OCH3 is 1. The van der Waals surface area contributed by atoms with E-state index in [0.29, 0.717) is 5.92 Å². The number of aliphatic carboxylic acids is 1. The van der Waals surface area contributed by atoms with Crippen LogP contribution in [0.2, 0.25) is 0 Å². The quantitative estimate of drug-likeness (QED) is 0.531. The Morgan fingerprint density at radius 3 is 2.80 bits per heavy atom. The van der Waals surface area contributed by atoms with Crippen molar-refractivity contribution in [3.05, 3.63) is 11.9 Å². The van der Waals surface area contributed by atoms with Gasteiger partial charge in [-0.1, -0.05) is 25.6 Å². The Labute approximate surface area is 124 Å². The molecule has 6 heteroatoms. The summed E-state index contributed by atoms with van der Waals surface area (Å²) in [4.78, 5) is 15.0. The molecule has 0 radical (unpaired) electrons. The van der Waals surface area contributed by atoms with Crippen LogP contribution in [0.25, 0.3) is 0 Å². The van der Waals surface area contributed by atoms with Crippen molar-refractivity contribution >= 4 is 17.7 Å². The van der Waals surface area contributed by atoms with E-state index in [0.717, 1.165) is 37.6 Å². The van der Waals surface area contributed by atoms with Gasteiger partial charge in [0.05, 0.1) is 5.75 Å². The topological polar surface area (TPSA) is 64.4 Å². The molecule has 0 amide bonds. The summed E-state index contributed by atoms with van der Waals surface area (Å²) in [7, 11) is 1.72. The number of nitrogens with zero attached hydrogens (tertiary/aromatic N) is 2. The van der Waals surface area contributed by atoms with Crippen molar-refractivity contribution in [1.29, 1.82) is 0 Å². The van der Waals surface area contributed by atoms with Crippen LogP contribution < -0.4 is 0 Å². The van der Waals surface area contributed by atoms with Crippen LogP contribution in [-0.2, 0) is 16.1 Å². The van der Waals surface area contributed by atoms with Crippen molar-refractivity contribution in [3.8, 4) is 0 Å². The van der Waals surface area contributed by atoms with E-state index < -0.39 is 5.97 Å². The number of carboxylic acid groups (broad SMARTS) is 1. The van der Waals surface area contributed by atoms with E-state index >= 15 is 0 Å². The number of hydrogen-bond acceptors (Lipinski definition) is 4. The number of carbonyl (C=O) groups is 1. The second kappa shape index (κ2) is 9.02. The Morgan fingerprint density at radius 2 is 2.20 bits per heavy atom. The third kappa shape index (κ3) is 5.54. The van der Waals surface area contributed by atoms with E-state index in [2.05, 4.69) is 23.4 Å². The minimum Gasteiger partial charge on any atom is -0.481 e. The molecule has 0 spiro atoms. The molecule has 20 heavy (non-hydrogen) atoms. The molecule has 0 saturated heterocycles. The van der Waals surface area contributed by atoms with Gasteiger partial charge in [0, 0.05) is 32.2 Å². The normalized spacial score (nSPS) is 11.2. The molecule has 0 aliphatic heterocycles. The fourth-order valence-corrected chi connectivity index (χ4v) is 2.72. The Kier molecular flexibility index (Phi) is 7.69. The smallest absolute Gasteiger partial charge is 0.313 e. The summed E-state index contributed by atoms with van der Waals surface area (Å²) in [6.07, 6.45) is 5.08. The Hall–Kier alpha value is -1.01. The summed E-state index contributed by atoms with van der Waals surface area (Å²) in [6.45, 7) is 5.94. The summed E-state index contributed by atoms with van der Waals surface area (Å²) in [5.41, 5.74) is 1.17. The monoisotopic (exact) mass is 300 g/mol. The lowest BCUT2D eigenvalue weighted by Gasteiger charge is -2.13. The Balaban J connectivity index is 2.63. The molecule has 1 aromatic rings. The van der Waals surface area contributed by atoms with E-state index in [4.69, 9.17) is 9.84 Å². The second-order valence-electron chi connectivity index (χ2n) is 5.01. The van der Waals surface area contributed by atoms with Gasteiger partial charge in [-0.15, -0.1) is 0 Å². The molecule has 0 aromatic carbocycles. The van der Waals surface area contributed by atoms with E-state index in [-0.39, 0.29) is 5.75 Å². The summed E-state index contributed by atoms with van der Waals surface area (Å²) in [5.74, 6) is -0.366. The van der Waals surface area contributed by atoms with Gasteiger partial charge >= 0.3 is 5.97 Å². The van der Waals surface area contributed by atoms with Crippen LogP contribution in [-0.4, -0.2) is 40.1 Å². The van der Waals surface area contributed by atoms with Crippen LogP contribution in [0.1, 0.15) is 44.7 Å².